The van der Waals surface area contributed by atoms with Crippen LogP contribution in [0.5, 0.6) is 0 Å². The number of hydrogen-bond acceptors (Lipinski definition) is 7. The maximum absolute atomic E-state index is 11.9. The van der Waals surface area contributed by atoms with E-state index in [0.717, 1.165) is 30.3 Å². The molecule has 126 valence electrons. The van der Waals surface area contributed by atoms with E-state index in [0.29, 0.717) is 30.4 Å². The maximum atomic E-state index is 11.9. The molecule has 0 radical (unpaired) electrons. The normalized spacial score (nSPS) is 23.4. The number of anilines is 3. The summed E-state index contributed by atoms with van der Waals surface area (Å²) in [6.07, 6.45) is 1.12. The van der Waals surface area contributed by atoms with Crippen LogP contribution in [-0.4, -0.2) is 51.1 Å². The van der Waals surface area contributed by atoms with Crippen LogP contribution in [0.15, 0.2) is 12.1 Å². The second-order valence-corrected chi connectivity index (χ2v) is 6.58. The van der Waals surface area contributed by atoms with Crippen molar-refractivity contribution in [1.29, 1.82) is 0 Å². The van der Waals surface area contributed by atoms with Crippen molar-refractivity contribution in [1.82, 2.24) is 25.5 Å². The van der Waals surface area contributed by atoms with Gasteiger partial charge in [0.15, 0.2) is 5.82 Å². The number of rotatable bonds is 3. The lowest BCUT2D eigenvalue weighted by Gasteiger charge is -2.45. The number of aromatic nitrogens is 4. The molecule has 2 aromatic heterocycles. The van der Waals surface area contributed by atoms with Crippen LogP contribution in [0.4, 0.5) is 17.6 Å². The highest BCUT2D eigenvalue weighted by Crippen LogP contribution is 2.28. The molecule has 4 rings (SSSR count). The lowest BCUT2D eigenvalue weighted by Crippen LogP contribution is -2.62. The monoisotopic (exact) mass is 327 g/mol. The molecule has 2 fully saturated rings. The summed E-state index contributed by atoms with van der Waals surface area (Å²) < 4.78 is 0. The van der Waals surface area contributed by atoms with Crippen LogP contribution < -0.4 is 15.5 Å². The highest BCUT2D eigenvalue weighted by Gasteiger charge is 2.39. The number of piperidine rings is 1. The van der Waals surface area contributed by atoms with Crippen LogP contribution >= 0.6 is 0 Å². The first-order valence-corrected chi connectivity index (χ1v) is 8.24. The van der Waals surface area contributed by atoms with Crippen LogP contribution in [0.1, 0.15) is 24.2 Å². The Morgan fingerprint density at radius 1 is 1.12 bits per heavy atom. The average Bonchev–Trinajstić information content (AvgIpc) is 2.90. The van der Waals surface area contributed by atoms with Crippen molar-refractivity contribution in [3.05, 3.63) is 23.5 Å². The summed E-state index contributed by atoms with van der Waals surface area (Å²) in [6, 6.07) is 4.09. The van der Waals surface area contributed by atoms with Gasteiger partial charge in [-0.3, -0.25) is 9.89 Å². The van der Waals surface area contributed by atoms with Crippen LogP contribution in [-0.2, 0) is 4.79 Å². The molecule has 24 heavy (non-hydrogen) atoms. The molecule has 0 spiro atoms. The minimum absolute atomic E-state index is 0.132. The van der Waals surface area contributed by atoms with E-state index in [1.54, 1.807) is 0 Å². The Kier molecular flexibility index (Phi) is 3.68. The number of carbonyl (C=O) groups excluding carboxylic acids is 1. The number of aryl methyl sites for hydroxylation is 2. The number of carbonyl (C=O) groups is 1. The third-order valence-corrected chi connectivity index (χ3v) is 4.51. The fourth-order valence-electron chi connectivity index (χ4n) is 3.53. The van der Waals surface area contributed by atoms with Gasteiger partial charge in [-0.2, -0.15) is 10.1 Å². The number of Topliss-reactive ketones (excluding diaryl/α,β-unsaturated/α-hetero) is 1. The molecule has 2 aliphatic heterocycles. The molecule has 0 amide bonds. The molecule has 8 heteroatoms. The Hall–Kier alpha value is -2.48. The first-order valence-electron chi connectivity index (χ1n) is 8.24. The maximum Gasteiger partial charge on any atom is 0.228 e. The van der Waals surface area contributed by atoms with E-state index >= 15 is 0 Å². The Bertz CT molecular complexity index is 756. The summed E-state index contributed by atoms with van der Waals surface area (Å²) in [6.45, 7) is 5.49. The first-order chi connectivity index (χ1) is 11.6. The quantitative estimate of drug-likeness (QED) is 0.775. The van der Waals surface area contributed by atoms with Gasteiger partial charge in [-0.05, 0) is 13.8 Å². The molecule has 0 aromatic carbocycles. The minimum atomic E-state index is 0.132. The topological polar surface area (TPSA) is 98.8 Å². The Morgan fingerprint density at radius 2 is 1.88 bits per heavy atom. The van der Waals surface area contributed by atoms with Crippen molar-refractivity contribution >= 4 is 23.4 Å². The van der Waals surface area contributed by atoms with E-state index in [4.69, 9.17) is 0 Å². The fraction of sp³-hybridized carbons (Fsp3) is 0.500. The standard InChI is InChI=1S/C16H21N7O/c1-9-3-14(19-15-4-10(2)21-22-15)20-16(18-9)23-11-5-13(24)6-12(23)8-17-7-11/h3-4,11-12,17H,5-8H2,1-2H3,(H2,18,19,20,21,22). The van der Waals surface area contributed by atoms with E-state index < -0.39 is 0 Å². The molecule has 3 N–H and O–H groups in total. The van der Waals surface area contributed by atoms with Crippen LogP contribution in [0.25, 0.3) is 0 Å². The fourth-order valence-corrected chi connectivity index (χ4v) is 3.53. The second kappa shape index (κ2) is 5.86. The zero-order valence-electron chi connectivity index (χ0n) is 13.8. The molecule has 2 saturated heterocycles. The summed E-state index contributed by atoms with van der Waals surface area (Å²) in [5.74, 6) is 2.47. The van der Waals surface area contributed by atoms with Crippen LogP contribution in [0.2, 0.25) is 0 Å². The van der Waals surface area contributed by atoms with Crippen molar-refractivity contribution in [2.75, 3.05) is 23.3 Å². The molecular weight excluding hydrogens is 306 g/mol. The summed E-state index contributed by atoms with van der Waals surface area (Å²) >= 11 is 0. The number of ketones is 1. The van der Waals surface area contributed by atoms with Gasteiger partial charge in [0.25, 0.3) is 0 Å². The van der Waals surface area contributed by atoms with Crippen LogP contribution in [0, 0.1) is 13.8 Å². The number of H-pyrrole nitrogens is 1. The molecule has 0 aliphatic carbocycles. The lowest BCUT2D eigenvalue weighted by molar-refractivity contribution is -0.121. The predicted molar refractivity (Wildman–Crippen MR) is 90.5 cm³/mol. The van der Waals surface area contributed by atoms with Crippen molar-refractivity contribution in [3.8, 4) is 0 Å². The lowest BCUT2D eigenvalue weighted by atomic mass is 9.92. The van der Waals surface area contributed by atoms with Crippen LogP contribution in [0.3, 0.4) is 0 Å². The number of hydrogen-bond donors (Lipinski definition) is 3. The highest BCUT2D eigenvalue weighted by atomic mass is 16.1. The third-order valence-electron chi connectivity index (χ3n) is 4.51. The van der Waals surface area contributed by atoms with Crippen molar-refractivity contribution in [3.63, 3.8) is 0 Å². The summed E-state index contributed by atoms with van der Waals surface area (Å²) in [7, 11) is 0. The summed E-state index contributed by atoms with van der Waals surface area (Å²) in [5, 5.41) is 13.7. The molecule has 2 bridgehead atoms. The van der Waals surface area contributed by atoms with Crippen molar-refractivity contribution < 1.29 is 4.79 Å². The summed E-state index contributed by atoms with van der Waals surface area (Å²) in [5.41, 5.74) is 1.87. The van der Waals surface area contributed by atoms with Gasteiger partial charge in [0.2, 0.25) is 5.95 Å². The van der Waals surface area contributed by atoms with Gasteiger partial charge >= 0.3 is 0 Å². The van der Waals surface area contributed by atoms with Crippen molar-refractivity contribution in [2.24, 2.45) is 0 Å². The number of nitrogens with one attached hydrogen (secondary N) is 3. The zero-order valence-corrected chi connectivity index (χ0v) is 13.8. The molecular formula is C16H21N7O. The molecule has 2 aromatic rings. The Balaban J connectivity index is 1.64. The molecule has 8 nitrogen and oxygen atoms in total. The Labute approximate surface area is 140 Å². The number of piperazine rings is 1. The zero-order chi connectivity index (χ0) is 16.7. The first kappa shape index (κ1) is 15.1. The van der Waals surface area contributed by atoms with E-state index in [1.807, 2.05) is 26.0 Å². The second-order valence-electron chi connectivity index (χ2n) is 6.58. The van der Waals surface area contributed by atoms with Crippen molar-refractivity contribution in [2.45, 2.75) is 38.8 Å². The SMILES string of the molecule is Cc1cc(Nc2cc(C)[nH]n2)nc(N2C3CNCC2CC(=O)C3)n1. The minimum Gasteiger partial charge on any atom is -0.331 e. The Morgan fingerprint density at radius 3 is 2.54 bits per heavy atom. The van der Waals surface area contributed by atoms with Gasteiger partial charge in [0.05, 0.1) is 12.1 Å². The number of fused-ring (bicyclic) bond motifs is 2. The van der Waals surface area contributed by atoms with Gasteiger partial charge in [0, 0.05) is 49.5 Å². The molecule has 0 saturated carbocycles. The number of nitrogens with zero attached hydrogens (tertiary/aromatic N) is 4. The predicted octanol–water partition coefficient (Wildman–Crippen LogP) is 1.07. The van der Waals surface area contributed by atoms with Gasteiger partial charge in [-0.25, -0.2) is 4.98 Å². The average molecular weight is 327 g/mol. The molecule has 2 atom stereocenters. The smallest absolute Gasteiger partial charge is 0.228 e. The molecule has 2 aliphatic rings. The van der Waals surface area contributed by atoms with Gasteiger partial charge in [-0.15, -0.1) is 0 Å². The third kappa shape index (κ3) is 2.84. The molecule has 2 unspecified atom stereocenters. The number of aromatic amines is 1. The van der Waals surface area contributed by atoms with Gasteiger partial charge in [-0.1, -0.05) is 0 Å². The molecule has 4 heterocycles. The van der Waals surface area contributed by atoms with Gasteiger partial charge in [0.1, 0.15) is 11.6 Å². The van der Waals surface area contributed by atoms with E-state index in [2.05, 4.69) is 35.7 Å². The highest BCUT2D eigenvalue weighted by molar-refractivity contribution is 5.82. The van der Waals surface area contributed by atoms with E-state index in [-0.39, 0.29) is 12.1 Å². The van der Waals surface area contributed by atoms with E-state index in [9.17, 15) is 4.79 Å². The van der Waals surface area contributed by atoms with E-state index in [1.165, 1.54) is 0 Å². The van der Waals surface area contributed by atoms with Gasteiger partial charge < -0.3 is 15.5 Å². The summed E-state index contributed by atoms with van der Waals surface area (Å²) in [4.78, 5) is 23.4. The largest absolute Gasteiger partial charge is 0.331 e.